The molecule has 24 heavy (non-hydrogen) atoms. The normalized spacial score (nSPS) is 22.7. The zero-order valence-electron chi connectivity index (χ0n) is 13.9. The Kier molecular flexibility index (Phi) is 4.40. The fourth-order valence-electron chi connectivity index (χ4n) is 3.45. The van der Waals surface area contributed by atoms with Crippen molar-refractivity contribution in [2.75, 3.05) is 26.4 Å². The summed E-state index contributed by atoms with van der Waals surface area (Å²) < 4.78 is 19.4. The van der Waals surface area contributed by atoms with Crippen molar-refractivity contribution in [1.82, 2.24) is 14.9 Å². The standard InChI is InChI=1S/C18H23N3O3/c1-21-7-6-20-18(21)17-14(5-8-23-17)12-19-11-13-3-2-4-15-16(13)24-10-9-22-15/h2-4,6-7,14,17,19H,5,8-12H2,1H3/t14-,17+/m0/s1. The van der Waals surface area contributed by atoms with Crippen LogP contribution in [0.4, 0.5) is 0 Å². The van der Waals surface area contributed by atoms with Gasteiger partial charge in [0.1, 0.15) is 25.1 Å². The van der Waals surface area contributed by atoms with Crippen LogP contribution in [0.3, 0.4) is 0 Å². The minimum Gasteiger partial charge on any atom is -0.486 e. The highest BCUT2D eigenvalue weighted by Crippen LogP contribution is 2.35. The second-order valence-electron chi connectivity index (χ2n) is 6.31. The highest BCUT2D eigenvalue weighted by molar-refractivity contribution is 5.47. The third-order valence-corrected chi connectivity index (χ3v) is 4.70. The van der Waals surface area contributed by atoms with Crippen molar-refractivity contribution in [3.05, 3.63) is 42.0 Å². The van der Waals surface area contributed by atoms with Crippen LogP contribution in [0.2, 0.25) is 0 Å². The van der Waals surface area contributed by atoms with Gasteiger partial charge in [-0.05, 0) is 12.5 Å². The Hall–Kier alpha value is -2.05. The number of aryl methyl sites for hydroxylation is 1. The topological polar surface area (TPSA) is 57.5 Å². The number of benzene rings is 1. The lowest BCUT2D eigenvalue weighted by Gasteiger charge is -2.22. The van der Waals surface area contributed by atoms with E-state index in [9.17, 15) is 0 Å². The molecule has 1 aromatic carbocycles. The molecule has 1 N–H and O–H groups in total. The van der Waals surface area contributed by atoms with Gasteiger partial charge in [-0.3, -0.25) is 0 Å². The number of para-hydroxylation sites is 1. The van der Waals surface area contributed by atoms with Crippen LogP contribution in [0.25, 0.3) is 0 Å². The van der Waals surface area contributed by atoms with Crippen LogP contribution in [0.5, 0.6) is 11.5 Å². The maximum Gasteiger partial charge on any atom is 0.165 e. The number of nitrogens with one attached hydrogen (secondary N) is 1. The van der Waals surface area contributed by atoms with Crippen LogP contribution >= 0.6 is 0 Å². The summed E-state index contributed by atoms with van der Waals surface area (Å²) in [7, 11) is 2.02. The number of ether oxygens (including phenoxy) is 3. The number of aromatic nitrogens is 2. The predicted molar refractivity (Wildman–Crippen MR) is 89.1 cm³/mol. The first-order valence-electron chi connectivity index (χ1n) is 8.50. The summed E-state index contributed by atoms with van der Waals surface area (Å²) in [4.78, 5) is 4.45. The van der Waals surface area contributed by atoms with Crippen LogP contribution in [0.15, 0.2) is 30.6 Å². The minimum absolute atomic E-state index is 0.0711. The van der Waals surface area contributed by atoms with Gasteiger partial charge in [-0.2, -0.15) is 0 Å². The van der Waals surface area contributed by atoms with E-state index in [0.29, 0.717) is 19.1 Å². The molecule has 2 aliphatic rings. The number of hydrogen-bond acceptors (Lipinski definition) is 5. The molecular weight excluding hydrogens is 306 g/mol. The summed E-state index contributed by atoms with van der Waals surface area (Å²) in [5.41, 5.74) is 1.14. The SMILES string of the molecule is Cn1ccnc1[C@@H]1OCC[C@H]1CNCc1cccc2c1OCCO2. The van der Waals surface area contributed by atoms with E-state index in [1.54, 1.807) is 0 Å². The van der Waals surface area contributed by atoms with E-state index in [1.165, 1.54) is 0 Å². The van der Waals surface area contributed by atoms with Crippen molar-refractivity contribution in [2.45, 2.75) is 19.1 Å². The van der Waals surface area contributed by atoms with Crippen LogP contribution < -0.4 is 14.8 Å². The van der Waals surface area contributed by atoms with E-state index in [-0.39, 0.29) is 6.10 Å². The quantitative estimate of drug-likeness (QED) is 0.910. The fraction of sp³-hybridized carbons (Fsp3) is 0.500. The van der Waals surface area contributed by atoms with Crippen LogP contribution in [-0.2, 0) is 18.3 Å². The Labute approximate surface area is 141 Å². The smallest absolute Gasteiger partial charge is 0.165 e. The zero-order chi connectivity index (χ0) is 16.4. The molecule has 4 rings (SSSR count). The number of fused-ring (bicyclic) bond motifs is 1. The Bertz CT molecular complexity index is 701. The van der Waals surface area contributed by atoms with Crippen molar-refractivity contribution in [3.8, 4) is 11.5 Å². The third kappa shape index (κ3) is 2.99. The third-order valence-electron chi connectivity index (χ3n) is 4.70. The molecule has 1 aromatic heterocycles. The van der Waals surface area contributed by atoms with Crippen LogP contribution in [-0.4, -0.2) is 35.9 Å². The maximum absolute atomic E-state index is 5.92. The van der Waals surface area contributed by atoms with E-state index in [1.807, 2.05) is 36.1 Å². The first-order valence-corrected chi connectivity index (χ1v) is 8.50. The summed E-state index contributed by atoms with van der Waals surface area (Å²) in [6, 6.07) is 6.06. The van der Waals surface area contributed by atoms with Crippen molar-refractivity contribution in [2.24, 2.45) is 13.0 Å². The molecule has 0 spiro atoms. The summed E-state index contributed by atoms with van der Waals surface area (Å²) in [5.74, 6) is 3.16. The Balaban J connectivity index is 1.38. The molecule has 6 nitrogen and oxygen atoms in total. The number of hydrogen-bond donors (Lipinski definition) is 1. The first-order chi connectivity index (χ1) is 11.8. The second kappa shape index (κ2) is 6.83. The number of nitrogens with zero attached hydrogens (tertiary/aromatic N) is 2. The molecule has 2 aliphatic heterocycles. The highest BCUT2D eigenvalue weighted by atomic mass is 16.6. The van der Waals surface area contributed by atoms with E-state index >= 15 is 0 Å². The Morgan fingerprint density at radius 3 is 3.04 bits per heavy atom. The summed E-state index contributed by atoms with van der Waals surface area (Å²) in [6.45, 7) is 3.68. The van der Waals surface area contributed by atoms with Crippen LogP contribution in [0.1, 0.15) is 23.9 Å². The monoisotopic (exact) mass is 329 g/mol. The molecule has 2 aromatic rings. The van der Waals surface area contributed by atoms with E-state index in [0.717, 1.165) is 49.0 Å². The van der Waals surface area contributed by atoms with Gasteiger partial charge >= 0.3 is 0 Å². The van der Waals surface area contributed by atoms with Crippen molar-refractivity contribution in [3.63, 3.8) is 0 Å². The zero-order valence-corrected chi connectivity index (χ0v) is 13.9. The van der Waals surface area contributed by atoms with Gasteiger partial charge < -0.3 is 24.1 Å². The van der Waals surface area contributed by atoms with Gasteiger partial charge in [0.25, 0.3) is 0 Å². The lowest BCUT2D eigenvalue weighted by molar-refractivity contribution is 0.0810. The molecular formula is C18H23N3O3. The van der Waals surface area contributed by atoms with Crippen molar-refractivity contribution in [1.29, 1.82) is 0 Å². The van der Waals surface area contributed by atoms with Gasteiger partial charge in [0.05, 0.1) is 0 Å². The van der Waals surface area contributed by atoms with Crippen molar-refractivity contribution < 1.29 is 14.2 Å². The van der Waals surface area contributed by atoms with Gasteiger partial charge in [0.2, 0.25) is 0 Å². The van der Waals surface area contributed by atoms with Gasteiger partial charge in [-0.1, -0.05) is 12.1 Å². The van der Waals surface area contributed by atoms with E-state index in [2.05, 4.69) is 16.4 Å². The van der Waals surface area contributed by atoms with Gasteiger partial charge in [0, 0.05) is 50.6 Å². The first kappa shape index (κ1) is 15.5. The number of rotatable bonds is 5. The molecule has 0 aliphatic carbocycles. The molecule has 6 heteroatoms. The molecule has 2 atom stereocenters. The molecule has 0 amide bonds. The Morgan fingerprint density at radius 2 is 2.17 bits per heavy atom. The summed E-state index contributed by atoms with van der Waals surface area (Å²) in [6.07, 6.45) is 4.92. The molecule has 3 heterocycles. The van der Waals surface area contributed by atoms with E-state index in [4.69, 9.17) is 14.2 Å². The largest absolute Gasteiger partial charge is 0.486 e. The maximum atomic E-state index is 5.92. The molecule has 0 radical (unpaired) electrons. The van der Waals surface area contributed by atoms with Gasteiger partial charge in [0.15, 0.2) is 11.5 Å². The molecule has 0 unspecified atom stereocenters. The average Bonchev–Trinajstić information content (AvgIpc) is 3.23. The van der Waals surface area contributed by atoms with Crippen molar-refractivity contribution >= 4 is 0 Å². The lowest BCUT2D eigenvalue weighted by atomic mass is 10.0. The van der Waals surface area contributed by atoms with E-state index < -0.39 is 0 Å². The lowest BCUT2D eigenvalue weighted by Crippen LogP contribution is -2.26. The summed E-state index contributed by atoms with van der Waals surface area (Å²) >= 11 is 0. The molecule has 0 bridgehead atoms. The van der Waals surface area contributed by atoms with Gasteiger partial charge in [-0.15, -0.1) is 0 Å². The predicted octanol–water partition coefficient (Wildman–Crippen LogP) is 2.06. The van der Waals surface area contributed by atoms with Gasteiger partial charge in [-0.25, -0.2) is 4.98 Å². The fourth-order valence-corrected chi connectivity index (χ4v) is 3.45. The average molecular weight is 329 g/mol. The second-order valence-corrected chi connectivity index (χ2v) is 6.31. The summed E-state index contributed by atoms with van der Waals surface area (Å²) in [5, 5.41) is 3.55. The van der Waals surface area contributed by atoms with Crippen LogP contribution in [0, 0.1) is 5.92 Å². The highest BCUT2D eigenvalue weighted by Gasteiger charge is 2.32. The molecule has 1 fully saturated rings. The minimum atomic E-state index is 0.0711. The molecule has 128 valence electrons. The Morgan fingerprint density at radius 1 is 1.25 bits per heavy atom. The molecule has 1 saturated heterocycles. The number of imidazole rings is 1. The molecule has 0 saturated carbocycles.